The number of fused-ring (bicyclic) bond motifs is 4. The van der Waals surface area contributed by atoms with E-state index in [0.717, 1.165) is 112 Å². The van der Waals surface area contributed by atoms with Gasteiger partial charge in [-0.1, -0.05) is 101 Å². The number of imide groups is 1. The smallest absolute Gasteiger partial charge is 0.425 e. The lowest BCUT2D eigenvalue weighted by Gasteiger charge is -2.31. The third kappa shape index (κ3) is 22.2. The number of benzene rings is 4. The minimum absolute atomic E-state index is 0.0162. The number of aryl methyl sites for hydroxylation is 2. The molecule has 31 nitrogen and oxygen atoms in total. The largest absolute Gasteiger partial charge is 0.744 e. The maximum absolute atomic E-state index is 13.2. The van der Waals surface area contributed by atoms with Crippen molar-refractivity contribution in [3.8, 4) is 0 Å². The number of aromatic nitrogens is 2. The van der Waals surface area contributed by atoms with Gasteiger partial charge >= 0.3 is 44.8 Å². The average Bonchev–Trinajstić information content (AvgIpc) is 1.59. The van der Waals surface area contributed by atoms with Gasteiger partial charge in [0.1, 0.15) is 22.5 Å². The van der Waals surface area contributed by atoms with E-state index in [4.69, 9.17) is 49.8 Å². The summed E-state index contributed by atoms with van der Waals surface area (Å²) in [5.74, 6) is -1.86. The Morgan fingerprint density at radius 1 is 0.537 bits per heavy atom. The maximum Gasteiger partial charge on any atom is 0.425 e. The van der Waals surface area contributed by atoms with Crippen LogP contribution in [0.4, 0.5) is 23.0 Å². The van der Waals surface area contributed by atoms with Crippen LogP contribution in [0.25, 0.3) is 0 Å². The molecular formula is C86H100N9O22S4+. The van der Waals surface area contributed by atoms with E-state index in [1.807, 2.05) is 108 Å². The number of hydroxylamine groups is 6. The van der Waals surface area contributed by atoms with Crippen molar-refractivity contribution in [2.24, 2.45) is 9.98 Å². The number of hydrogen-bond donors (Lipinski definition) is 2. The van der Waals surface area contributed by atoms with Crippen LogP contribution in [0.15, 0.2) is 201 Å². The van der Waals surface area contributed by atoms with Crippen LogP contribution in [-0.4, -0.2) is 160 Å². The van der Waals surface area contributed by atoms with E-state index in [9.17, 15) is 59.8 Å². The van der Waals surface area contributed by atoms with Crippen molar-refractivity contribution in [1.29, 1.82) is 0 Å². The number of rotatable bonds is 29. The Bertz CT molecular complexity index is 5710. The lowest BCUT2D eigenvalue weighted by Crippen LogP contribution is -2.38. The van der Waals surface area contributed by atoms with Crippen molar-refractivity contribution in [2.45, 2.75) is 178 Å². The molecule has 0 bridgehead atoms. The predicted molar refractivity (Wildman–Crippen MR) is 448 cm³/mol. The molecule has 2 N–H and O–H groups in total. The fourth-order valence-corrected chi connectivity index (χ4v) is 16.0. The number of hydrogen-bond acceptors (Lipinski definition) is 24. The molecule has 6 aromatic rings. The number of unbranched alkanes of at least 4 members (excludes halogenated alkanes) is 2. The fraction of sp³-hybridized carbons (Fsp3) is 0.372. The number of aromatic carboxylic acids is 1. The molecule has 0 saturated carbocycles. The van der Waals surface area contributed by atoms with Gasteiger partial charge in [0.2, 0.25) is 0 Å². The number of allylic oxidation sites excluding steroid dienone is 12. The van der Waals surface area contributed by atoms with Gasteiger partial charge in [0.15, 0.2) is 11.4 Å². The summed E-state index contributed by atoms with van der Waals surface area (Å²) in [6.45, 7) is 23.5. The van der Waals surface area contributed by atoms with Crippen molar-refractivity contribution >= 4 is 111 Å². The Morgan fingerprint density at radius 3 is 1.35 bits per heavy atom. The van der Waals surface area contributed by atoms with Crippen molar-refractivity contribution in [2.75, 3.05) is 51.2 Å². The SMILES string of the molecule is CCCCN1/C(=C/C=C/C=C/C2=Nc3c(cc(C(=O)N(C)OC)c[n+]3CCCC)C2(C)C)C(C)(Cc2ccc(C(=O)ON3C(=O)CCC3=O)cc2)c2cc(S(=O)(=O)[O-])ccc21.CCCN1/C(=C/C=C/C=C/C2=Nc3c(cc(C(=O)N(C)OC)c[n+]3CCC)C2(C)C)C(C)(Cc2ccc(C(=O)O)cc2)c2cc(S(=O)(=O)O)ccc21.O=S(=O)=O.O=S(=O)=O. The summed E-state index contributed by atoms with van der Waals surface area (Å²) < 4.78 is 126. The van der Waals surface area contributed by atoms with Crippen molar-refractivity contribution in [3.05, 3.63) is 237 Å². The number of carboxylic acid groups (broad SMARTS) is 1. The molecule has 2 unspecified atom stereocenters. The molecule has 0 aliphatic carbocycles. The number of anilines is 2. The first-order valence-electron chi connectivity index (χ1n) is 38.9. The summed E-state index contributed by atoms with van der Waals surface area (Å²) >= 11 is 0. The summed E-state index contributed by atoms with van der Waals surface area (Å²) in [6.07, 6.45) is 29.3. The Kier molecular flexibility index (Phi) is 31.6. The highest BCUT2D eigenvalue weighted by Gasteiger charge is 2.48. The van der Waals surface area contributed by atoms with E-state index in [1.54, 1.807) is 80.8 Å². The Labute approximate surface area is 707 Å². The molecule has 35 heteroatoms. The first-order valence-corrected chi connectivity index (χ1v) is 43.7. The molecule has 0 spiro atoms. The highest BCUT2D eigenvalue weighted by molar-refractivity contribution is 7.86. The van der Waals surface area contributed by atoms with Crippen LogP contribution in [0, 0.1) is 0 Å². The molecule has 7 heterocycles. The van der Waals surface area contributed by atoms with Gasteiger partial charge in [-0.2, -0.15) is 8.42 Å². The molecule has 11 rings (SSSR count). The molecule has 644 valence electrons. The van der Waals surface area contributed by atoms with Gasteiger partial charge in [0, 0.05) is 73.6 Å². The van der Waals surface area contributed by atoms with Gasteiger partial charge in [-0.15, -0.1) is 30.3 Å². The first-order chi connectivity index (χ1) is 57.0. The van der Waals surface area contributed by atoms with Crippen molar-refractivity contribution < 1.29 is 109 Å². The zero-order valence-corrected chi connectivity index (χ0v) is 73.0. The van der Waals surface area contributed by atoms with Gasteiger partial charge in [-0.05, 0) is 209 Å². The van der Waals surface area contributed by atoms with Gasteiger partial charge in [-0.3, -0.25) is 33.4 Å². The van der Waals surface area contributed by atoms with Crippen molar-refractivity contribution in [3.63, 3.8) is 0 Å². The molecule has 4 amide bonds. The first kappa shape index (κ1) is 95.0. The normalized spacial score (nSPS) is 18.0. The third-order valence-corrected chi connectivity index (χ3v) is 23.1. The molecule has 5 aliphatic heterocycles. The standard InChI is InChI=1S/C46H53N5O9S.C40H46N4O7S.2O3S/c1-8-10-25-49-30-33(43(54)48(6)59-7)27-36-42(49)47-38(45(36,3)4)15-13-12-14-16-39-46(5,35-28-34(61(56,57)58)21-22-37(35)50(39)26-11-9-2)29-31-17-19-32(20-18-31)44(55)60-51-40(52)23-24-41(51)53;1-8-21-43-26-29(37(45)42(6)51-7)23-32-36(43)41-34(39(32,3)4)13-11-10-12-14-35-40(5,25-27-15-17-28(18-16-27)38(46)47)31-24-30(52(48,49)50)19-20-33(31)44(35)22-9-2;2*1-4(2)3/h12-22,27-28,30H,8-11,23-26,29H2,1-7H3;10-20,23-24,26H,8-9,21-22,25H2,1-7H3,(H-,46,47,48,49,50);;/p+1. The second-order valence-electron chi connectivity index (χ2n) is 30.5. The predicted octanol–water partition coefficient (Wildman–Crippen LogP) is 11.5. The monoisotopic (exact) mass is 1740 g/mol. The second kappa shape index (κ2) is 40.3. The second-order valence-corrected chi connectivity index (χ2v) is 34.1. The van der Waals surface area contributed by atoms with E-state index in [1.165, 1.54) is 42.5 Å². The number of pyridine rings is 2. The molecular weight excluding hydrogens is 1640 g/mol. The van der Waals surface area contributed by atoms with Crippen LogP contribution in [0.5, 0.6) is 0 Å². The highest BCUT2D eigenvalue weighted by Crippen LogP contribution is 2.53. The number of aliphatic imine (C=N–C) groups is 2. The lowest BCUT2D eigenvalue weighted by atomic mass is 9.76. The van der Waals surface area contributed by atoms with Crippen LogP contribution >= 0.6 is 0 Å². The summed E-state index contributed by atoms with van der Waals surface area (Å²) in [6, 6.07) is 26.3. The highest BCUT2D eigenvalue weighted by atomic mass is 32.2. The lowest BCUT2D eigenvalue weighted by molar-refractivity contribution is -0.684. The molecule has 121 heavy (non-hydrogen) atoms. The van der Waals surface area contributed by atoms with Gasteiger partial charge in [0.05, 0.1) is 81.3 Å². The Balaban J connectivity index is 0.000000279. The van der Waals surface area contributed by atoms with E-state index in [2.05, 4.69) is 65.2 Å². The third-order valence-electron chi connectivity index (χ3n) is 21.5. The number of amides is 4. The van der Waals surface area contributed by atoms with E-state index >= 15 is 0 Å². The van der Waals surface area contributed by atoms with E-state index in [-0.39, 0.29) is 45.6 Å². The van der Waals surface area contributed by atoms with Crippen LogP contribution in [0.3, 0.4) is 0 Å². The zero-order chi connectivity index (χ0) is 89.4. The Hall–Kier alpha value is -11.4. The number of nitrogens with zero attached hydrogens (tertiary/aromatic N) is 9. The summed E-state index contributed by atoms with van der Waals surface area (Å²) in [5.41, 5.74) is 8.99. The maximum atomic E-state index is 13.2. The molecule has 1 fully saturated rings. The topological polar surface area (TPSA) is 413 Å². The van der Waals surface area contributed by atoms with Crippen LogP contribution < -0.4 is 18.9 Å². The molecule has 1 saturated heterocycles. The van der Waals surface area contributed by atoms with Crippen LogP contribution in [0.2, 0.25) is 0 Å². The van der Waals surface area contributed by atoms with Crippen LogP contribution in [0.1, 0.15) is 195 Å². The molecule has 0 radical (unpaired) electrons. The minimum Gasteiger partial charge on any atom is -0.744 e. The van der Waals surface area contributed by atoms with E-state index < -0.39 is 86.9 Å². The van der Waals surface area contributed by atoms with Crippen LogP contribution in [-0.2, 0) is 113 Å². The van der Waals surface area contributed by atoms with Gasteiger partial charge in [0.25, 0.3) is 33.7 Å². The number of carboxylic acids is 1. The average molecular weight is 1740 g/mol. The van der Waals surface area contributed by atoms with Crippen molar-refractivity contribution in [1.82, 2.24) is 15.2 Å². The van der Waals surface area contributed by atoms with Gasteiger partial charge < -0.3 is 24.3 Å². The van der Waals surface area contributed by atoms with E-state index in [0.29, 0.717) is 60.8 Å². The molecule has 2 atom stereocenters. The molecule has 4 aromatic carbocycles. The fourth-order valence-electron chi connectivity index (χ4n) is 15.0. The van der Waals surface area contributed by atoms with Gasteiger partial charge in [-0.25, -0.2) is 37.3 Å². The zero-order valence-electron chi connectivity index (χ0n) is 69.8. The minimum atomic E-state index is -4.77. The molecule has 5 aliphatic rings. The summed E-state index contributed by atoms with van der Waals surface area (Å²) in [4.78, 5) is 104. The quantitative estimate of drug-likeness (QED) is 0.0145. The summed E-state index contributed by atoms with van der Waals surface area (Å²) in [5, 5.41) is 12.3. The molecule has 2 aromatic heterocycles. The number of carbonyl (C=O) groups is 6. The Morgan fingerprint density at radius 2 is 0.950 bits per heavy atom. The summed E-state index contributed by atoms with van der Waals surface area (Å²) in [7, 11) is -9.36. The number of carbonyl (C=O) groups excluding carboxylic acids is 5.